The lowest BCUT2D eigenvalue weighted by Gasteiger charge is -2.13. The second-order valence-electron chi connectivity index (χ2n) is 6.10. The van der Waals surface area contributed by atoms with E-state index in [0.717, 1.165) is 5.56 Å². The topological polar surface area (TPSA) is 110 Å². The van der Waals surface area contributed by atoms with Crippen LogP contribution < -0.4 is 11.1 Å². The number of esters is 1. The minimum absolute atomic E-state index is 0.0634. The summed E-state index contributed by atoms with van der Waals surface area (Å²) in [6.07, 6.45) is 1.48. The standard InChI is InChI=1S/C21H18N4O3/c1-13-10-16(25-12-15(11-22)18(23)19(25)21(27)28-2)8-9-17(13)24-20(26)14-6-4-3-5-7-14/h3-10,12H,23H2,1-2H3,(H,24,26). The fraction of sp³-hybridized carbons (Fsp3) is 0.0952. The van der Waals surface area contributed by atoms with Gasteiger partial charge >= 0.3 is 5.97 Å². The molecule has 1 amide bonds. The first-order valence-electron chi connectivity index (χ1n) is 8.43. The molecule has 1 heterocycles. The Hall–Kier alpha value is -4.05. The van der Waals surface area contributed by atoms with Gasteiger partial charge in [0.15, 0.2) is 5.69 Å². The summed E-state index contributed by atoms with van der Waals surface area (Å²) in [5.74, 6) is -0.859. The SMILES string of the molecule is COC(=O)c1c(N)c(C#N)cn1-c1ccc(NC(=O)c2ccccc2)c(C)c1. The lowest BCUT2D eigenvalue weighted by molar-refractivity contribution is 0.0593. The number of aryl methyl sites for hydroxylation is 1. The van der Waals surface area contributed by atoms with E-state index in [2.05, 4.69) is 5.32 Å². The molecule has 3 aromatic rings. The van der Waals surface area contributed by atoms with Crippen molar-refractivity contribution >= 4 is 23.3 Å². The molecule has 3 N–H and O–H groups in total. The van der Waals surface area contributed by atoms with Gasteiger partial charge in [-0.15, -0.1) is 0 Å². The predicted molar refractivity (Wildman–Crippen MR) is 105 cm³/mol. The third kappa shape index (κ3) is 3.44. The van der Waals surface area contributed by atoms with Gasteiger partial charge in [0.2, 0.25) is 0 Å². The molecular formula is C21H18N4O3. The number of carbonyl (C=O) groups is 2. The molecule has 28 heavy (non-hydrogen) atoms. The van der Waals surface area contributed by atoms with Crippen LogP contribution >= 0.6 is 0 Å². The average Bonchev–Trinajstić information content (AvgIpc) is 3.05. The van der Waals surface area contributed by atoms with Gasteiger partial charge in [-0.25, -0.2) is 4.79 Å². The molecule has 3 rings (SSSR count). The Labute approximate surface area is 162 Å². The van der Waals surface area contributed by atoms with Crippen LogP contribution in [0.2, 0.25) is 0 Å². The van der Waals surface area contributed by atoms with Crippen LogP contribution in [0, 0.1) is 18.3 Å². The smallest absolute Gasteiger partial charge is 0.357 e. The highest BCUT2D eigenvalue weighted by Crippen LogP contribution is 2.27. The van der Waals surface area contributed by atoms with Crippen molar-refractivity contribution in [2.75, 3.05) is 18.2 Å². The summed E-state index contributed by atoms with van der Waals surface area (Å²) in [5.41, 5.74) is 8.84. The second kappa shape index (κ2) is 7.68. The number of nitrogens with zero attached hydrogens (tertiary/aromatic N) is 2. The van der Waals surface area contributed by atoms with Crippen molar-refractivity contribution in [2.24, 2.45) is 0 Å². The van der Waals surface area contributed by atoms with E-state index in [4.69, 9.17) is 10.5 Å². The number of nitrogens with two attached hydrogens (primary N) is 1. The van der Waals surface area contributed by atoms with Gasteiger partial charge in [-0.05, 0) is 42.8 Å². The second-order valence-corrected chi connectivity index (χ2v) is 6.10. The summed E-state index contributed by atoms with van der Waals surface area (Å²) in [7, 11) is 1.25. The zero-order chi connectivity index (χ0) is 20.3. The summed E-state index contributed by atoms with van der Waals surface area (Å²) < 4.78 is 6.30. The first-order chi connectivity index (χ1) is 13.5. The fourth-order valence-corrected chi connectivity index (χ4v) is 2.84. The molecule has 0 unspecified atom stereocenters. The number of hydrogen-bond acceptors (Lipinski definition) is 5. The summed E-state index contributed by atoms with van der Waals surface area (Å²) in [6.45, 7) is 1.83. The number of nitrogens with one attached hydrogen (secondary N) is 1. The number of carbonyl (C=O) groups excluding carboxylic acids is 2. The first-order valence-corrected chi connectivity index (χ1v) is 8.43. The van der Waals surface area contributed by atoms with Crippen molar-refractivity contribution in [1.29, 1.82) is 5.26 Å². The van der Waals surface area contributed by atoms with Gasteiger partial charge in [-0.2, -0.15) is 5.26 Å². The van der Waals surface area contributed by atoms with Gasteiger partial charge in [0, 0.05) is 23.1 Å². The molecule has 7 nitrogen and oxygen atoms in total. The van der Waals surface area contributed by atoms with E-state index in [1.54, 1.807) is 42.5 Å². The molecule has 0 atom stereocenters. The Morgan fingerprint density at radius 2 is 1.89 bits per heavy atom. The Balaban J connectivity index is 1.96. The molecule has 140 valence electrons. The molecule has 0 saturated carbocycles. The van der Waals surface area contributed by atoms with E-state index >= 15 is 0 Å². The highest BCUT2D eigenvalue weighted by molar-refractivity contribution is 6.04. The first kappa shape index (κ1) is 18.7. The number of ether oxygens (including phenoxy) is 1. The Kier molecular flexibility index (Phi) is 5.14. The van der Waals surface area contributed by atoms with Crippen LogP contribution in [0.5, 0.6) is 0 Å². The maximum atomic E-state index is 12.4. The molecule has 0 aliphatic rings. The molecule has 0 bridgehead atoms. The van der Waals surface area contributed by atoms with Crippen LogP contribution in [0.3, 0.4) is 0 Å². The molecule has 0 aliphatic heterocycles. The number of hydrogen-bond donors (Lipinski definition) is 2. The summed E-state index contributed by atoms with van der Waals surface area (Å²) in [4.78, 5) is 24.5. The highest BCUT2D eigenvalue weighted by Gasteiger charge is 2.22. The monoisotopic (exact) mass is 374 g/mol. The quantitative estimate of drug-likeness (QED) is 0.681. The lowest BCUT2D eigenvalue weighted by Crippen LogP contribution is -2.13. The van der Waals surface area contributed by atoms with Crippen molar-refractivity contribution < 1.29 is 14.3 Å². The Bertz CT molecular complexity index is 1090. The molecule has 0 saturated heterocycles. The third-order valence-corrected chi connectivity index (χ3v) is 4.32. The maximum absolute atomic E-state index is 12.4. The van der Waals surface area contributed by atoms with E-state index in [1.165, 1.54) is 17.9 Å². The predicted octanol–water partition coefficient (Wildman–Crippen LogP) is 3.28. The van der Waals surface area contributed by atoms with Gasteiger partial charge in [0.05, 0.1) is 18.4 Å². The van der Waals surface area contributed by atoms with Crippen LogP contribution in [0.15, 0.2) is 54.7 Å². The van der Waals surface area contributed by atoms with Crippen molar-refractivity contribution in [3.8, 4) is 11.8 Å². The lowest BCUT2D eigenvalue weighted by atomic mass is 10.1. The van der Waals surface area contributed by atoms with E-state index < -0.39 is 5.97 Å². The molecule has 0 spiro atoms. The van der Waals surface area contributed by atoms with Crippen LogP contribution in [0.4, 0.5) is 11.4 Å². The highest BCUT2D eigenvalue weighted by atomic mass is 16.5. The van der Waals surface area contributed by atoms with Crippen LogP contribution in [0.1, 0.15) is 32.0 Å². The van der Waals surface area contributed by atoms with E-state index in [-0.39, 0.29) is 22.9 Å². The van der Waals surface area contributed by atoms with Crippen molar-refractivity contribution in [1.82, 2.24) is 4.57 Å². The van der Waals surface area contributed by atoms with Crippen molar-refractivity contribution in [3.63, 3.8) is 0 Å². The molecule has 1 aromatic heterocycles. The zero-order valence-corrected chi connectivity index (χ0v) is 15.4. The number of rotatable bonds is 4. The summed E-state index contributed by atoms with van der Waals surface area (Å²) >= 11 is 0. The Morgan fingerprint density at radius 3 is 2.50 bits per heavy atom. The number of benzene rings is 2. The average molecular weight is 374 g/mol. The van der Waals surface area contributed by atoms with Gasteiger partial charge in [-0.3, -0.25) is 4.79 Å². The molecule has 0 aliphatic carbocycles. The number of anilines is 2. The number of nitrogen functional groups attached to an aromatic ring is 1. The molecule has 0 radical (unpaired) electrons. The van der Waals surface area contributed by atoms with Crippen LogP contribution in [-0.4, -0.2) is 23.6 Å². The molecule has 2 aromatic carbocycles. The fourth-order valence-electron chi connectivity index (χ4n) is 2.84. The summed E-state index contributed by atoms with van der Waals surface area (Å²) in [5, 5.41) is 12.1. The molecular weight excluding hydrogens is 356 g/mol. The van der Waals surface area contributed by atoms with Gasteiger partial charge in [0.25, 0.3) is 5.91 Å². The minimum Gasteiger partial charge on any atom is -0.464 e. The maximum Gasteiger partial charge on any atom is 0.357 e. The van der Waals surface area contributed by atoms with Gasteiger partial charge in [-0.1, -0.05) is 18.2 Å². The van der Waals surface area contributed by atoms with E-state index in [9.17, 15) is 14.9 Å². The molecule has 0 fully saturated rings. The Morgan fingerprint density at radius 1 is 1.18 bits per heavy atom. The third-order valence-electron chi connectivity index (χ3n) is 4.32. The number of methoxy groups -OCH3 is 1. The number of amides is 1. The van der Waals surface area contributed by atoms with E-state index in [0.29, 0.717) is 16.9 Å². The normalized spacial score (nSPS) is 10.2. The number of aromatic nitrogens is 1. The van der Waals surface area contributed by atoms with E-state index in [1.807, 2.05) is 19.1 Å². The van der Waals surface area contributed by atoms with Gasteiger partial charge in [0.1, 0.15) is 6.07 Å². The zero-order valence-electron chi connectivity index (χ0n) is 15.4. The van der Waals surface area contributed by atoms with Crippen molar-refractivity contribution in [2.45, 2.75) is 6.92 Å². The largest absolute Gasteiger partial charge is 0.464 e. The summed E-state index contributed by atoms with van der Waals surface area (Å²) in [6, 6.07) is 16.1. The van der Waals surface area contributed by atoms with Gasteiger partial charge < -0.3 is 20.4 Å². The number of nitriles is 1. The minimum atomic E-state index is -0.641. The molecule has 7 heteroatoms. The van der Waals surface area contributed by atoms with Crippen molar-refractivity contribution in [3.05, 3.63) is 77.1 Å². The van der Waals surface area contributed by atoms with Crippen LogP contribution in [0.25, 0.3) is 5.69 Å². The van der Waals surface area contributed by atoms with Crippen LogP contribution in [-0.2, 0) is 4.74 Å².